The summed E-state index contributed by atoms with van der Waals surface area (Å²) in [5.41, 5.74) is 3.35. The number of ether oxygens (including phenoxy) is 2. The molecule has 0 N–H and O–H groups in total. The minimum atomic E-state index is -0.456. The zero-order valence-electron chi connectivity index (χ0n) is 17.6. The quantitative estimate of drug-likeness (QED) is 0.435. The molecule has 7 heteroatoms. The Kier molecular flexibility index (Phi) is 5.46. The van der Waals surface area contributed by atoms with Gasteiger partial charge in [-0.3, -0.25) is 0 Å². The zero-order valence-corrected chi connectivity index (χ0v) is 17.6. The number of carbonyl (C=O) groups excluding carboxylic acids is 1. The van der Waals surface area contributed by atoms with Crippen molar-refractivity contribution in [3.05, 3.63) is 66.1 Å². The number of benzene rings is 1. The van der Waals surface area contributed by atoms with Crippen LogP contribution in [0.25, 0.3) is 27.8 Å². The van der Waals surface area contributed by atoms with E-state index in [1.807, 2.05) is 66.3 Å². The number of carbonyl (C=O) groups is 1. The van der Waals surface area contributed by atoms with E-state index in [4.69, 9.17) is 9.47 Å². The van der Waals surface area contributed by atoms with Crippen LogP contribution in [0.1, 0.15) is 29.9 Å². The van der Waals surface area contributed by atoms with E-state index in [1.54, 1.807) is 18.5 Å². The SMILES string of the molecule is CCOC(=O)c1c(-n2cccc2)c2c(-c3ccccc3)c(C#N)c(OCC)nc2n1C. The van der Waals surface area contributed by atoms with Gasteiger partial charge in [0.1, 0.15) is 17.3 Å². The van der Waals surface area contributed by atoms with Gasteiger partial charge in [0, 0.05) is 25.0 Å². The lowest BCUT2D eigenvalue weighted by Crippen LogP contribution is -2.12. The molecule has 1 aromatic carbocycles. The number of fused-ring (bicyclic) bond motifs is 1. The average Bonchev–Trinajstić information content (AvgIpc) is 3.40. The number of aromatic nitrogens is 3. The lowest BCUT2D eigenvalue weighted by Gasteiger charge is -2.13. The Morgan fingerprint density at radius 2 is 1.81 bits per heavy atom. The van der Waals surface area contributed by atoms with Crippen molar-refractivity contribution >= 4 is 17.0 Å². The first kappa shape index (κ1) is 20.2. The highest BCUT2D eigenvalue weighted by Gasteiger charge is 2.30. The van der Waals surface area contributed by atoms with Gasteiger partial charge in [-0.1, -0.05) is 30.3 Å². The summed E-state index contributed by atoms with van der Waals surface area (Å²) in [7, 11) is 1.77. The third kappa shape index (κ3) is 3.32. The van der Waals surface area contributed by atoms with E-state index >= 15 is 0 Å². The van der Waals surface area contributed by atoms with E-state index in [0.29, 0.717) is 40.1 Å². The molecule has 0 bridgehead atoms. The van der Waals surface area contributed by atoms with Gasteiger partial charge < -0.3 is 18.6 Å². The van der Waals surface area contributed by atoms with Gasteiger partial charge in [-0.2, -0.15) is 10.2 Å². The van der Waals surface area contributed by atoms with Gasteiger partial charge in [-0.25, -0.2) is 4.79 Å². The van der Waals surface area contributed by atoms with E-state index in [1.165, 1.54) is 0 Å². The van der Waals surface area contributed by atoms with Crippen molar-refractivity contribution < 1.29 is 14.3 Å². The van der Waals surface area contributed by atoms with Crippen molar-refractivity contribution in [3.63, 3.8) is 0 Å². The minimum Gasteiger partial charge on any atom is -0.477 e. The smallest absolute Gasteiger partial charge is 0.357 e. The Labute approximate surface area is 180 Å². The van der Waals surface area contributed by atoms with Crippen LogP contribution in [0.15, 0.2) is 54.9 Å². The molecule has 4 aromatic rings. The van der Waals surface area contributed by atoms with Gasteiger partial charge in [0.25, 0.3) is 0 Å². The largest absolute Gasteiger partial charge is 0.477 e. The van der Waals surface area contributed by atoms with E-state index in [-0.39, 0.29) is 12.5 Å². The molecule has 0 aliphatic rings. The van der Waals surface area contributed by atoms with Crippen LogP contribution in [0.5, 0.6) is 5.88 Å². The number of aryl methyl sites for hydroxylation is 1. The maximum Gasteiger partial charge on any atom is 0.357 e. The van der Waals surface area contributed by atoms with Crippen LogP contribution in [0.3, 0.4) is 0 Å². The molecule has 0 aliphatic heterocycles. The standard InChI is InChI=1S/C24H22N4O3/c1-4-30-23-17(15-25)18(16-11-7-6-8-12-16)19-20(28-13-9-10-14-28)21(24(29)31-5-2)27(3)22(19)26-23/h6-14H,4-5H2,1-3H3. The minimum absolute atomic E-state index is 0.242. The summed E-state index contributed by atoms with van der Waals surface area (Å²) < 4.78 is 14.6. The zero-order chi connectivity index (χ0) is 22.0. The first-order valence-corrected chi connectivity index (χ1v) is 10.1. The molecule has 0 fully saturated rings. The first-order valence-electron chi connectivity index (χ1n) is 10.1. The molecule has 0 atom stereocenters. The summed E-state index contributed by atoms with van der Waals surface area (Å²) in [6.45, 7) is 4.22. The fourth-order valence-electron chi connectivity index (χ4n) is 3.81. The van der Waals surface area contributed by atoms with Crippen molar-refractivity contribution in [1.82, 2.24) is 14.1 Å². The van der Waals surface area contributed by atoms with Crippen LogP contribution < -0.4 is 4.74 Å². The number of pyridine rings is 1. The molecule has 4 rings (SSSR count). The molecule has 0 radical (unpaired) electrons. The highest BCUT2D eigenvalue weighted by atomic mass is 16.5. The Morgan fingerprint density at radius 3 is 2.42 bits per heavy atom. The summed E-state index contributed by atoms with van der Waals surface area (Å²) in [6, 6.07) is 15.6. The molecule has 0 saturated heterocycles. The van der Waals surface area contributed by atoms with E-state index < -0.39 is 5.97 Å². The van der Waals surface area contributed by atoms with Crippen LogP contribution in [0.2, 0.25) is 0 Å². The molecule has 0 amide bonds. The summed E-state index contributed by atoms with van der Waals surface area (Å²) in [4.78, 5) is 17.6. The van der Waals surface area contributed by atoms with Gasteiger partial charge in [0.05, 0.1) is 24.3 Å². The Bertz CT molecular complexity index is 1280. The number of rotatable bonds is 6. The second-order valence-electron chi connectivity index (χ2n) is 6.84. The molecule has 3 aromatic heterocycles. The van der Waals surface area contributed by atoms with Crippen molar-refractivity contribution in [1.29, 1.82) is 5.26 Å². The van der Waals surface area contributed by atoms with Crippen LogP contribution in [-0.4, -0.2) is 33.3 Å². The third-order valence-corrected chi connectivity index (χ3v) is 5.05. The van der Waals surface area contributed by atoms with Crippen molar-refractivity contribution in [2.45, 2.75) is 13.8 Å². The predicted molar refractivity (Wildman–Crippen MR) is 117 cm³/mol. The van der Waals surface area contributed by atoms with Crippen LogP contribution in [0, 0.1) is 11.3 Å². The number of nitrogens with zero attached hydrogens (tertiary/aromatic N) is 4. The number of nitriles is 1. The Morgan fingerprint density at radius 1 is 1.10 bits per heavy atom. The van der Waals surface area contributed by atoms with Crippen LogP contribution in [-0.2, 0) is 11.8 Å². The lowest BCUT2D eigenvalue weighted by molar-refractivity contribution is 0.0515. The normalized spacial score (nSPS) is 10.8. The summed E-state index contributed by atoms with van der Waals surface area (Å²) in [5, 5.41) is 10.8. The average molecular weight is 414 g/mol. The van der Waals surface area contributed by atoms with Gasteiger partial charge in [0.15, 0.2) is 5.69 Å². The lowest BCUT2D eigenvalue weighted by atomic mass is 9.97. The summed E-state index contributed by atoms with van der Waals surface area (Å²) >= 11 is 0. The molecular weight excluding hydrogens is 392 g/mol. The monoisotopic (exact) mass is 414 g/mol. The number of esters is 1. The highest BCUT2D eigenvalue weighted by molar-refractivity contribution is 6.10. The number of hydrogen-bond acceptors (Lipinski definition) is 5. The molecule has 0 saturated carbocycles. The summed E-state index contributed by atoms with van der Waals surface area (Å²) in [5.74, 6) is -0.214. The fraction of sp³-hybridized carbons (Fsp3) is 0.208. The maximum absolute atomic E-state index is 13.0. The molecule has 0 unspecified atom stereocenters. The molecule has 7 nitrogen and oxygen atoms in total. The van der Waals surface area contributed by atoms with Crippen LogP contribution >= 0.6 is 0 Å². The highest BCUT2D eigenvalue weighted by Crippen LogP contribution is 2.41. The third-order valence-electron chi connectivity index (χ3n) is 5.05. The second-order valence-corrected chi connectivity index (χ2v) is 6.84. The van der Waals surface area contributed by atoms with Gasteiger partial charge in [-0.05, 0) is 31.5 Å². The fourth-order valence-corrected chi connectivity index (χ4v) is 3.81. The van der Waals surface area contributed by atoms with Crippen molar-refractivity contribution in [3.8, 4) is 28.8 Å². The van der Waals surface area contributed by atoms with Gasteiger partial charge >= 0.3 is 5.97 Å². The maximum atomic E-state index is 13.0. The summed E-state index contributed by atoms with van der Waals surface area (Å²) in [6.07, 6.45) is 3.71. The topological polar surface area (TPSA) is 82.1 Å². The van der Waals surface area contributed by atoms with E-state index in [0.717, 1.165) is 5.56 Å². The van der Waals surface area contributed by atoms with Crippen LogP contribution in [0.4, 0.5) is 0 Å². The van der Waals surface area contributed by atoms with Gasteiger partial charge in [0.2, 0.25) is 5.88 Å². The molecule has 156 valence electrons. The molecular formula is C24H22N4O3. The first-order chi connectivity index (χ1) is 15.1. The van der Waals surface area contributed by atoms with Gasteiger partial charge in [-0.15, -0.1) is 0 Å². The molecule has 0 aliphatic carbocycles. The molecule has 0 spiro atoms. The molecule has 31 heavy (non-hydrogen) atoms. The number of hydrogen-bond donors (Lipinski definition) is 0. The second kappa shape index (κ2) is 8.36. The van der Waals surface area contributed by atoms with E-state index in [9.17, 15) is 10.1 Å². The van der Waals surface area contributed by atoms with Crippen molar-refractivity contribution in [2.24, 2.45) is 7.05 Å². The Hall–Kier alpha value is -4.05. The predicted octanol–water partition coefficient (Wildman–Crippen LogP) is 4.48. The molecule has 3 heterocycles. The Balaban J connectivity index is 2.23. The van der Waals surface area contributed by atoms with E-state index in [2.05, 4.69) is 11.1 Å². The van der Waals surface area contributed by atoms with Crippen molar-refractivity contribution in [2.75, 3.05) is 13.2 Å².